The molecule has 108 valence electrons. The molecule has 0 saturated heterocycles. The quantitative estimate of drug-likeness (QED) is 0.571. The molecule has 0 aliphatic heterocycles. The molecule has 0 spiro atoms. The molecule has 0 fully saturated rings. The largest absolute Gasteiger partial charge is 0.383 e. The van der Waals surface area contributed by atoms with Crippen LogP contribution in [0.4, 0.5) is 5.82 Å². The Bertz CT molecular complexity index is 785. The van der Waals surface area contributed by atoms with Gasteiger partial charge in [-0.1, -0.05) is 29.5 Å². The summed E-state index contributed by atoms with van der Waals surface area (Å²) in [6.07, 6.45) is 0. The number of aromatic nitrogens is 2. The third kappa shape index (κ3) is 2.89. The fraction of sp³-hybridized carbons (Fsp3) is 0.250. The lowest BCUT2D eigenvalue weighted by atomic mass is 10.0. The van der Waals surface area contributed by atoms with Crippen LogP contribution in [0.15, 0.2) is 28.7 Å². The van der Waals surface area contributed by atoms with Gasteiger partial charge in [-0.3, -0.25) is 0 Å². The summed E-state index contributed by atoms with van der Waals surface area (Å²) in [7, 11) is 0. The zero-order valence-electron chi connectivity index (χ0n) is 12.3. The van der Waals surface area contributed by atoms with Crippen molar-refractivity contribution < 1.29 is 0 Å². The number of nitrogens with zero attached hydrogens (tertiary/aromatic N) is 2. The first-order valence-electron chi connectivity index (χ1n) is 6.75. The predicted octanol–water partition coefficient (Wildman–Crippen LogP) is 4.49. The van der Waals surface area contributed by atoms with Crippen molar-refractivity contribution in [3.05, 3.63) is 45.8 Å². The highest BCUT2D eigenvalue weighted by molar-refractivity contribution is 7.98. The Morgan fingerprint density at radius 2 is 1.86 bits per heavy atom. The minimum atomic E-state index is 0.570. The molecule has 0 saturated carbocycles. The summed E-state index contributed by atoms with van der Waals surface area (Å²) in [6.45, 7) is 6.45. The molecule has 3 rings (SSSR count). The molecule has 21 heavy (non-hydrogen) atoms. The fourth-order valence-corrected chi connectivity index (χ4v) is 4.37. The van der Waals surface area contributed by atoms with Crippen LogP contribution in [0.2, 0.25) is 0 Å². The number of thiophene rings is 1. The lowest BCUT2D eigenvalue weighted by Gasteiger charge is -2.10. The lowest BCUT2D eigenvalue weighted by Crippen LogP contribution is -1.97. The molecule has 0 unspecified atom stereocenters. The van der Waals surface area contributed by atoms with Crippen LogP contribution in [0, 0.1) is 20.8 Å². The molecule has 0 aliphatic carbocycles. The Balaban J connectivity index is 1.86. The van der Waals surface area contributed by atoms with Gasteiger partial charge >= 0.3 is 0 Å². The Morgan fingerprint density at radius 1 is 1.14 bits per heavy atom. The number of nitrogen functional groups attached to an aromatic ring is 1. The molecule has 2 aromatic heterocycles. The van der Waals surface area contributed by atoms with Crippen molar-refractivity contribution in [2.24, 2.45) is 0 Å². The lowest BCUT2D eigenvalue weighted by molar-refractivity contribution is 1.02. The van der Waals surface area contributed by atoms with Gasteiger partial charge in [-0.15, -0.1) is 11.3 Å². The summed E-state index contributed by atoms with van der Waals surface area (Å²) in [5.41, 5.74) is 11.3. The average Bonchev–Trinajstić information content (AvgIpc) is 2.86. The summed E-state index contributed by atoms with van der Waals surface area (Å²) < 4.78 is 0. The van der Waals surface area contributed by atoms with Crippen LogP contribution in [0.25, 0.3) is 10.2 Å². The summed E-state index contributed by atoms with van der Waals surface area (Å²) >= 11 is 3.25. The molecule has 5 heteroatoms. The van der Waals surface area contributed by atoms with E-state index in [9.17, 15) is 0 Å². The van der Waals surface area contributed by atoms with Crippen LogP contribution < -0.4 is 5.73 Å². The minimum absolute atomic E-state index is 0.570. The number of nitrogens with two attached hydrogens (primary N) is 1. The normalized spacial score (nSPS) is 11.2. The van der Waals surface area contributed by atoms with Gasteiger partial charge in [0.25, 0.3) is 0 Å². The van der Waals surface area contributed by atoms with Crippen molar-refractivity contribution in [1.82, 2.24) is 9.97 Å². The van der Waals surface area contributed by atoms with Crippen LogP contribution in [0.5, 0.6) is 0 Å². The van der Waals surface area contributed by atoms with Gasteiger partial charge in [-0.05, 0) is 48.9 Å². The number of hydrogen-bond donors (Lipinski definition) is 1. The van der Waals surface area contributed by atoms with Crippen molar-refractivity contribution in [3.63, 3.8) is 0 Å². The van der Waals surface area contributed by atoms with Crippen molar-refractivity contribution in [2.75, 3.05) is 5.73 Å². The second kappa shape index (κ2) is 5.66. The summed E-state index contributed by atoms with van der Waals surface area (Å²) in [4.78, 5) is 9.94. The van der Waals surface area contributed by atoms with Crippen LogP contribution >= 0.6 is 23.1 Å². The molecule has 1 aromatic carbocycles. The van der Waals surface area contributed by atoms with E-state index >= 15 is 0 Å². The molecule has 0 atom stereocenters. The third-order valence-corrected chi connectivity index (χ3v) is 5.20. The number of fused-ring (bicyclic) bond motifs is 1. The maximum absolute atomic E-state index is 5.99. The molecule has 0 radical (unpaired) electrons. The second-order valence-corrected chi connectivity index (χ2v) is 7.03. The van der Waals surface area contributed by atoms with Crippen molar-refractivity contribution in [3.8, 4) is 0 Å². The number of thioether (sulfide) groups is 1. The van der Waals surface area contributed by atoms with E-state index in [0.29, 0.717) is 5.82 Å². The standard InChI is InChI=1S/C16H17N3S2/c1-9-6-10(2)13(11(3)7-9)8-21-16-18-14(17)12-4-5-20-15(12)19-16/h4-7H,8H2,1-3H3,(H2,17,18,19). The SMILES string of the molecule is Cc1cc(C)c(CSc2nc(N)c3ccsc3n2)c(C)c1. The van der Waals surface area contributed by atoms with Gasteiger partial charge in [-0.25, -0.2) is 9.97 Å². The number of anilines is 1. The summed E-state index contributed by atoms with van der Waals surface area (Å²) in [5.74, 6) is 1.44. The molecule has 2 heterocycles. The fourth-order valence-electron chi connectivity index (χ4n) is 2.50. The highest BCUT2D eigenvalue weighted by Crippen LogP contribution is 2.29. The van der Waals surface area contributed by atoms with E-state index in [1.807, 2.05) is 11.4 Å². The van der Waals surface area contributed by atoms with Gasteiger partial charge in [0.15, 0.2) is 5.16 Å². The molecule has 3 aromatic rings. The Labute approximate surface area is 132 Å². The maximum Gasteiger partial charge on any atom is 0.191 e. The molecule has 3 nitrogen and oxygen atoms in total. The molecule has 0 amide bonds. The minimum Gasteiger partial charge on any atom is -0.383 e. The first-order valence-corrected chi connectivity index (χ1v) is 8.61. The highest BCUT2D eigenvalue weighted by Gasteiger charge is 2.09. The third-order valence-electron chi connectivity index (χ3n) is 3.52. The van der Waals surface area contributed by atoms with E-state index in [1.54, 1.807) is 23.1 Å². The first kappa shape index (κ1) is 14.4. The number of benzene rings is 1. The van der Waals surface area contributed by atoms with E-state index < -0.39 is 0 Å². The van der Waals surface area contributed by atoms with E-state index in [4.69, 9.17) is 5.73 Å². The van der Waals surface area contributed by atoms with Crippen LogP contribution in [-0.2, 0) is 5.75 Å². The molecule has 2 N–H and O–H groups in total. The zero-order chi connectivity index (χ0) is 15.0. The van der Waals surface area contributed by atoms with Crippen molar-refractivity contribution in [1.29, 1.82) is 0 Å². The topological polar surface area (TPSA) is 51.8 Å². The van der Waals surface area contributed by atoms with Crippen molar-refractivity contribution >= 4 is 39.1 Å². The predicted molar refractivity (Wildman–Crippen MR) is 92.0 cm³/mol. The summed E-state index contributed by atoms with van der Waals surface area (Å²) in [6, 6.07) is 6.42. The van der Waals surface area contributed by atoms with Crippen LogP contribution in [-0.4, -0.2) is 9.97 Å². The number of hydrogen-bond acceptors (Lipinski definition) is 5. The summed E-state index contributed by atoms with van der Waals surface area (Å²) in [5, 5.41) is 3.70. The zero-order valence-corrected chi connectivity index (χ0v) is 13.9. The Hall–Kier alpha value is -1.59. The molecule has 0 aliphatic rings. The second-order valence-electron chi connectivity index (χ2n) is 5.20. The number of rotatable bonds is 3. The Morgan fingerprint density at radius 3 is 2.57 bits per heavy atom. The molecule has 0 bridgehead atoms. The first-order chi connectivity index (χ1) is 10.0. The molecular weight excluding hydrogens is 298 g/mol. The monoisotopic (exact) mass is 315 g/mol. The van der Waals surface area contributed by atoms with Gasteiger partial charge in [0.2, 0.25) is 0 Å². The van der Waals surface area contributed by atoms with Crippen LogP contribution in [0.1, 0.15) is 22.3 Å². The highest BCUT2D eigenvalue weighted by atomic mass is 32.2. The van der Waals surface area contributed by atoms with E-state index in [0.717, 1.165) is 21.1 Å². The van der Waals surface area contributed by atoms with Gasteiger partial charge in [0.1, 0.15) is 10.6 Å². The van der Waals surface area contributed by atoms with Gasteiger partial charge in [0, 0.05) is 5.75 Å². The van der Waals surface area contributed by atoms with Gasteiger partial charge in [-0.2, -0.15) is 0 Å². The maximum atomic E-state index is 5.99. The molecular formula is C16H17N3S2. The van der Waals surface area contributed by atoms with E-state index in [-0.39, 0.29) is 0 Å². The average molecular weight is 315 g/mol. The van der Waals surface area contributed by atoms with Gasteiger partial charge < -0.3 is 5.73 Å². The van der Waals surface area contributed by atoms with Crippen molar-refractivity contribution in [2.45, 2.75) is 31.7 Å². The van der Waals surface area contributed by atoms with E-state index in [2.05, 4.69) is 42.9 Å². The van der Waals surface area contributed by atoms with E-state index in [1.165, 1.54) is 22.3 Å². The number of aryl methyl sites for hydroxylation is 3. The smallest absolute Gasteiger partial charge is 0.191 e. The van der Waals surface area contributed by atoms with Crippen LogP contribution in [0.3, 0.4) is 0 Å². The Kier molecular flexibility index (Phi) is 3.87. The van der Waals surface area contributed by atoms with Gasteiger partial charge in [0.05, 0.1) is 5.39 Å².